The number of hydrogen-bond donors (Lipinski definition) is 1. The summed E-state index contributed by atoms with van der Waals surface area (Å²) in [5.74, 6) is 0.545. The molecule has 1 fully saturated rings. The van der Waals surface area contributed by atoms with Crippen molar-refractivity contribution in [1.29, 1.82) is 0 Å². The monoisotopic (exact) mass is 356 g/mol. The molecule has 0 aliphatic heterocycles. The molecule has 5 nitrogen and oxygen atoms in total. The summed E-state index contributed by atoms with van der Waals surface area (Å²) < 4.78 is 6.63. The number of ether oxygens (including phenoxy) is 1. The largest absolute Gasteiger partial charge is 0.489 e. The lowest BCUT2D eigenvalue weighted by molar-refractivity contribution is -0.385. The summed E-state index contributed by atoms with van der Waals surface area (Å²) in [5.41, 5.74) is 0.0591. The molecule has 1 aromatic carbocycles. The second kappa shape index (κ2) is 6.32. The molecule has 0 spiro atoms. The molecule has 1 aromatic rings. The number of nitro benzene ring substituents is 1. The van der Waals surface area contributed by atoms with Crippen LogP contribution in [0.15, 0.2) is 22.7 Å². The van der Waals surface area contributed by atoms with Gasteiger partial charge in [-0.05, 0) is 19.0 Å². The van der Waals surface area contributed by atoms with Crippen LogP contribution < -0.4 is 10.1 Å². The van der Waals surface area contributed by atoms with Gasteiger partial charge in [-0.3, -0.25) is 10.1 Å². The molecule has 1 aliphatic carbocycles. The minimum atomic E-state index is -0.408. The number of nitro groups is 1. The van der Waals surface area contributed by atoms with Gasteiger partial charge in [-0.2, -0.15) is 0 Å². The zero-order chi connectivity index (χ0) is 15.6. The van der Waals surface area contributed by atoms with E-state index in [1.807, 2.05) is 0 Å². The summed E-state index contributed by atoms with van der Waals surface area (Å²) >= 11 is 3.29. The Kier molecular flexibility index (Phi) is 4.88. The van der Waals surface area contributed by atoms with E-state index >= 15 is 0 Å². The topological polar surface area (TPSA) is 64.4 Å². The van der Waals surface area contributed by atoms with E-state index in [2.05, 4.69) is 42.0 Å². The standard InChI is InChI=1S/C15H21BrN2O3/c1-4-5-17-13-9-14(15(13,2)3)21-12-7-10(16)6-11(8-12)18(19)20/h6-8,13-14,17H,4-5,9H2,1-3H3. The van der Waals surface area contributed by atoms with Crippen molar-refractivity contribution in [2.45, 2.75) is 45.8 Å². The lowest BCUT2D eigenvalue weighted by atomic mass is 9.64. The first kappa shape index (κ1) is 16.2. The highest BCUT2D eigenvalue weighted by Gasteiger charge is 2.49. The van der Waals surface area contributed by atoms with Gasteiger partial charge in [0.05, 0.1) is 11.0 Å². The van der Waals surface area contributed by atoms with Gasteiger partial charge in [-0.1, -0.05) is 36.7 Å². The SMILES string of the molecule is CCCNC1CC(Oc2cc(Br)cc([N+](=O)[O-])c2)C1(C)C. The molecule has 6 heteroatoms. The molecule has 2 atom stereocenters. The van der Waals surface area contributed by atoms with Gasteiger partial charge >= 0.3 is 0 Å². The Morgan fingerprint density at radius 2 is 2.19 bits per heavy atom. The normalized spacial score (nSPS) is 23.4. The number of nitrogens with one attached hydrogen (secondary N) is 1. The predicted molar refractivity (Wildman–Crippen MR) is 85.7 cm³/mol. The first-order valence-electron chi connectivity index (χ1n) is 7.19. The van der Waals surface area contributed by atoms with Gasteiger partial charge in [0.1, 0.15) is 11.9 Å². The summed E-state index contributed by atoms with van der Waals surface area (Å²) in [6, 6.07) is 5.16. The van der Waals surface area contributed by atoms with Crippen molar-refractivity contribution in [3.05, 3.63) is 32.8 Å². The molecular formula is C15H21BrN2O3. The molecule has 0 radical (unpaired) electrons. The van der Waals surface area contributed by atoms with Crippen molar-refractivity contribution in [2.24, 2.45) is 5.41 Å². The zero-order valence-electron chi connectivity index (χ0n) is 12.6. The van der Waals surface area contributed by atoms with E-state index in [0.29, 0.717) is 16.3 Å². The number of hydrogen-bond acceptors (Lipinski definition) is 4. The fraction of sp³-hybridized carbons (Fsp3) is 0.600. The maximum Gasteiger partial charge on any atom is 0.274 e. The summed E-state index contributed by atoms with van der Waals surface area (Å²) in [6.45, 7) is 7.48. The van der Waals surface area contributed by atoms with Crippen molar-refractivity contribution in [2.75, 3.05) is 6.54 Å². The molecule has 0 aromatic heterocycles. The lowest BCUT2D eigenvalue weighted by Crippen LogP contribution is -2.62. The van der Waals surface area contributed by atoms with Crippen LogP contribution in [0.3, 0.4) is 0 Å². The minimum Gasteiger partial charge on any atom is -0.489 e. The Morgan fingerprint density at radius 1 is 1.48 bits per heavy atom. The van der Waals surface area contributed by atoms with Crippen molar-refractivity contribution >= 4 is 21.6 Å². The molecule has 1 saturated carbocycles. The van der Waals surface area contributed by atoms with Crippen molar-refractivity contribution < 1.29 is 9.66 Å². The number of rotatable bonds is 6. The maximum absolute atomic E-state index is 10.9. The minimum absolute atomic E-state index is 0.0201. The van der Waals surface area contributed by atoms with Gasteiger partial charge < -0.3 is 10.1 Å². The Labute approximate surface area is 133 Å². The van der Waals surface area contributed by atoms with Crippen LogP contribution in [0.4, 0.5) is 5.69 Å². The Hall–Kier alpha value is -1.14. The van der Waals surface area contributed by atoms with Crippen LogP contribution in [0.1, 0.15) is 33.6 Å². The van der Waals surface area contributed by atoms with Crippen molar-refractivity contribution in [1.82, 2.24) is 5.32 Å². The highest BCUT2D eigenvalue weighted by molar-refractivity contribution is 9.10. The molecule has 0 heterocycles. The molecule has 0 bridgehead atoms. The molecule has 0 amide bonds. The van der Waals surface area contributed by atoms with E-state index in [1.165, 1.54) is 12.1 Å². The smallest absolute Gasteiger partial charge is 0.274 e. The van der Waals surface area contributed by atoms with Gasteiger partial charge in [-0.15, -0.1) is 0 Å². The van der Waals surface area contributed by atoms with E-state index in [4.69, 9.17) is 4.74 Å². The molecular weight excluding hydrogens is 336 g/mol. The number of halogens is 1. The van der Waals surface area contributed by atoms with Crippen LogP contribution in [-0.4, -0.2) is 23.6 Å². The van der Waals surface area contributed by atoms with E-state index in [0.717, 1.165) is 19.4 Å². The predicted octanol–water partition coefficient (Wildman–Crippen LogP) is 3.90. The van der Waals surface area contributed by atoms with Gasteiger partial charge in [0.15, 0.2) is 0 Å². The average molecular weight is 357 g/mol. The fourth-order valence-corrected chi connectivity index (χ4v) is 3.10. The number of benzene rings is 1. The van der Waals surface area contributed by atoms with Crippen LogP contribution in [0.25, 0.3) is 0 Å². The average Bonchev–Trinajstić information content (AvgIpc) is 2.41. The van der Waals surface area contributed by atoms with Crippen molar-refractivity contribution in [3.8, 4) is 5.75 Å². The molecule has 1 aliphatic rings. The van der Waals surface area contributed by atoms with Crippen molar-refractivity contribution in [3.63, 3.8) is 0 Å². The second-order valence-corrected chi connectivity index (χ2v) is 6.99. The molecule has 1 N–H and O–H groups in total. The first-order valence-corrected chi connectivity index (χ1v) is 7.99. The van der Waals surface area contributed by atoms with Crippen LogP contribution in [-0.2, 0) is 0 Å². The van der Waals surface area contributed by atoms with E-state index in [1.54, 1.807) is 6.07 Å². The van der Waals surface area contributed by atoms with Crippen LogP contribution in [0.5, 0.6) is 5.75 Å². The Morgan fingerprint density at radius 3 is 2.76 bits per heavy atom. The summed E-state index contributed by atoms with van der Waals surface area (Å²) in [6.07, 6.45) is 2.10. The fourth-order valence-electron chi connectivity index (χ4n) is 2.64. The number of nitrogens with zero attached hydrogens (tertiary/aromatic N) is 1. The van der Waals surface area contributed by atoms with Gasteiger partial charge in [-0.25, -0.2) is 0 Å². The molecule has 0 saturated heterocycles. The van der Waals surface area contributed by atoms with Crippen LogP contribution in [0.2, 0.25) is 0 Å². The molecule has 21 heavy (non-hydrogen) atoms. The summed E-state index contributed by atoms with van der Waals surface area (Å²) in [7, 11) is 0. The lowest BCUT2D eigenvalue weighted by Gasteiger charge is -2.51. The van der Waals surface area contributed by atoms with E-state index in [-0.39, 0.29) is 17.2 Å². The molecule has 2 rings (SSSR count). The number of non-ortho nitro benzene ring substituents is 1. The third-order valence-electron chi connectivity index (χ3n) is 4.16. The van der Waals surface area contributed by atoms with Crippen LogP contribution >= 0.6 is 15.9 Å². The van der Waals surface area contributed by atoms with Gasteiger partial charge in [0.2, 0.25) is 0 Å². The zero-order valence-corrected chi connectivity index (χ0v) is 14.1. The van der Waals surface area contributed by atoms with Gasteiger partial charge in [0, 0.05) is 28.4 Å². The van der Waals surface area contributed by atoms with E-state index < -0.39 is 4.92 Å². The van der Waals surface area contributed by atoms with Gasteiger partial charge in [0.25, 0.3) is 5.69 Å². The third-order valence-corrected chi connectivity index (χ3v) is 4.62. The summed E-state index contributed by atoms with van der Waals surface area (Å²) in [5, 5.41) is 14.4. The Bertz CT molecular complexity index is 534. The quantitative estimate of drug-likeness (QED) is 0.619. The Balaban J connectivity index is 2.05. The van der Waals surface area contributed by atoms with E-state index in [9.17, 15) is 10.1 Å². The third kappa shape index (κ3) is 3.55. The summed E-state index contributed by atoms with van der Waals surface area (Å²) in [4.78, 5) is 10.5. The highest BCUT2D eigenvalue weighted by atomic mass is 79.9. The maximum atomic E-state index is 10.9. The highest BCUT2D eigenvalue weighted by Crippen LogP contribution is 2.43. The first-order chi connectivity index (χ1) is 9.84. The second-order valence-electron chi connectivity index (χ2n) is 6.07. The molecule has 2 unspecified atom stereocenters. The van der Waals surface area contributed by atoms with Crippen LogP contribution in [0, 0.1) is 15.5 Å². The molecule has 116 valence electrons.